The van der Waals surface area contributed by atoms with Crippen molar-refractivity contribution in [3.63, 3.8) is 0 Å². The number of hydrazone groups is 1. The maximum Gasteiger partial charge on any atom is 0.337 e. The van der Waals surface area contributed by atoms with Gasteiger partial charge in [-0.05, 0) is 55.8 Å². The van der Waals surface area contributed by atoms with Crippen molar-refractivity contribution >= 4 is 34.1 Å². The number of benzene rings is 3. The Balaban J connectivity index is 1.41. The van der Waals surface area contributed by atoms with E-state index in [9.17, 15) is 19.1 Å². The summed E-state index contributed by atoms with van der Waals surface area (Å²) in [4.78, 5) is 24.6. The number of methoxy groups -OCH3 is 1. The third kappa shape index (κ3) is 8.26. The number of amides is 2. The Labute approximate surface area is 262 Å². The molecule has 0 fully saturated rings. The molecular weight excluding hydrogens is 639 g/mol. The quantitative estimate of drug-likeness (QED) is 0.0889. The summed E-state index contributed by atoms with van der Waals surface area (Å²) >= 11 is 3.42. The second-order valence-electron chi connectivity index (χ2n) is 9.48. The van der Waals surface area contributed by atoms with Crippen LogP contribution in [0.3, 0.4) is 0 Å². The van der Waals surface area contributed by atoms with E-state index in [4.69, 9.17) is 18.9 Å². The monoisotopic (exact) mass is 670 g/mol. The van der Waals surface area contributed by atoms with Crippen molar-refractivity contribution in [3.05, 3.63) is 98.9 Å². The summed E-state index contributed by atoms with van der Waals surface area (Å²) in [7, 11) is 1.27. The summed E-state index contributed by atoms with van der Waals surface area (Å²) in [6, 6.07) is 15.4. The first-order chi connectivity index (χ1) is 21.2. The SMILES string of the molecule is CCOc1cc([C@@H]2NC(=O)NC(C)=C2C(=O)OC)ccc1OC[C@H](O)N/N=C\c1cc(Br)ccc1OCc1ccccc1F. The lowest BCUT2D eigenvalue weighted by atomic mass is 9.95. The number of rotatable bonds is 13. The molecule has 1 heterocycles. The van der Waals surface area contributed by atoms with E-state index in [1.54, 1.807) is 68.4 Å². The van der Waals surface area contributed by atoms with Gasteiger partial charge >= 0.3 is 12.0 Å². The Kier molecular flexibility index (Phi) is 11.2. The molecule has 2 amide bonds. The number of carbonyl (C=O) groups excluding carboxylic acids is 2. The van der Waals surface area contributed by atoms with Crippen LogP contribution in [0.15, 0.2) is 81.5 Å². The molecule has 3 aromatic carbocycles. The fourth-order valence-electron chi connectivity index (χ4n) is 4.34. The van der Waals surface area contributed by atoms with Gasteiger partial charge in [0.15, 0.2) is 17.7 Å². The minimum atomic E-state index is -1.20. The van der Waals surface area contributed by atoms with Crippen LogP contribution in [-0.4, -0.2) is 49.9 Å². The number of nitrogens with zero attached hydrogens (tertiary/aromatic N) is 1. The van der Waals surface area contributed by atoms with Gasteiger partial charge < -0.3 is 34.7 Å². The van der Waals surface area contributed by atoms with Crippen molar-refractivity contribution in [2.75, 3.05) is 20.3 Å². The first-order valence-corrected chi connectivity index (χ1v) is 14.4. The first kappa shape index (κ1) is 32.3. The second-order valence-corrected chi connectivity index (χ2v) is 10.4. The number of hydrogen-bond acceptors (Lipinski definition) is 9. The summed E-state index contributed by atoms with van der Waals surface area (Å²) in [5.41, 5.74) is 4.81. The van der Waals surface area contributed by atoms with E-state index in [1.807, 2.05) is 0 Å². The zero-order valence-electron chi connectivity index (χ0n) is 24.2. The molecule has 44 heavy (non-hydrogen) atoms. The van der Waals surface area contributed by atoms with Crippen LogP contribution < -0.4 is 30.3 Å². The number of aliphatic hydroxyl groups is 1. The standard InChI is InChI=1S/C31H32BrFN4O7/c1-4-42-26-14-19(29-28(30(39)41-3)18(2)35-31(40)36-29)9-11-25(26)44-17-27(38)37-34-15-21-13-22(32)10-12-24(21)43-16-20-7-5-6-8-23(20)33/h5-15,27,29,37-38H,4,16-17H2,1-3H3,(H2,35,36,40)/b34-15-/t27-,29-/m0/s1. The van der Waals surface area contributed by atoms with E-state index in [0.717, 1.165) is 4.47 Å². The molecule has 1 aliphatic heterocycles. The van der Waals surface area contributed by atoms with Gasteiger partial charge in [0.25, 0.3) is 0 Å². The van der Waals surface area contributed by atoms with Crippen molar-refractivity contribution in [1.29, 1.82) is 0 Å². The Morgan fingerprint density at radius 3 is 2.64 bits per heavy atom. The van der Waals surface area contributed by atoms with Crippen LogP contribution in [-0.2, 0) is 16.1 Å². The number of aliphatic hydroxyl groups excluding tert-OH is 1. The zero-order valence-corrected chi connectivity index (χ0v) is 25.8. The average Bonchev–Trinajstić information content (AvgIpc) is 3.00. The van der Waals surface area contributed by atoms with Crippen molar-refractivity contribution in [2.45, 2.75) is 32.7 Å². The number of ether oxygens (including phenoxy) is 4. The van der Waals surface area contributed by atoms with Gasteiger partial charge in [-0.25, -0.2) is 14.0 Å². The van der Waals surface area contributed by atoms with E-state index in [1.165, 1.54) is 19.4 Å². The van der Waals surface area contributed by atoms with E-state index in [0.29, 0.717) is 46.2 Å². The molecule has 0 radical (unpaired) electrons. The number of carbonyl (C=O) groups is 2. The highest BCUT2D eigenvalue weighted by Gasteiger charge is 2.32. The molecule has 13 heteroatoms. The van der Waals surface area contributed by atoms with Crippen LogP contribution in [0.25, 0.3) is 0 Å². The summed E-state index contributed by atoms with van der Waals surface area (Å²) in [6.07, 6.45) is 0.267. The van der Waals surface area contributed by atoms with Gasteiger partial charge in [-0.2, -0.15) is 5.10 Å². The second kappa shape index (κ2) is 15.2. The number of allylic oxidation sites excluding steroid dienone is 1. The van der Waals surface area contributed by atoms with E-state index in [2.05, 4.69) is 37.1 Å². The molecule has 232 valence electrons. The summed E-state index contributed by atoms with van der Waals surface area (Å²) in [5, 5.41) is 19.9. The highest BCUT2D eigenvalue weighted by atomic mass is 79.9. The zero-order chi connectivity index (χ0) is 31.6. The van der Waals surface area contributed by atoms with Crippen molar-refractivity contribution in [3.8, 4) is 17.2 Å². The Hall–Kier alpha value is -4.62. The lowest BCUT2D eigenvalue weighted by Gasteiger charge is -2.28. The topological polar surface area (TPSA) is 140 Å². The van der Waals surface area contributed by atoms with Crippen LogP contribution in [0.1, 0.15) is 36.6 Å². The predicted molar refractivity (Wildman–Crippen MR) is 164 cm³/mol. The van der Waals surface area contributed by atoms with Crippen molar-refractivity contribution < 1.29 is 38.0 Å². The molecule has 0 bridgehead atoms. The normalized spacial score (nSPS) is 15.3. The average molecular weight is 672 g/mol. The molecule has 1 aliphatic rings. The van der Waals surface area contributed by atoms with Crippen molar-refractivity contribution in [1.82, 2.24) is 16.1 Å². The molecule has 0 saturated carbocycles. The van der Waals surface area contributed by atoms with Crippen LogP contribution in [0.5, 0.6) is 17.2 Å². The predicted octanol–water partition coefficient (Wildman–Crippen LogP) is 4.69. The fraction of sp³-hybridized carbons (Fsp3) is 0.258. The van der Waals surface area contributed by atoms with Gasteiger partial charge in [-0.3, -0.25) is 5.43 Å². The number of halogens is 2. The van der Waals surface area contributed by atoms with Crippen LogP contribution in [0.4, 0.5) is 9.18 Å². The van der Waals surface area contributed by atoms with Crippen LogP contribution in [0, 0.1) is 5.82 Å². The molecular formula is C31H32BrFN4O7. The van der Waals surface area contributed by atoms with E-state index >= 15 is 0 Å². The lowest BCUT2D eigenvalue weighted by molar-refractivity contribution is -0.136. The molecule has 0 spiro atoms. The highest BCUT2D eigenvalue weighted by Crippen LogP contribution is 2.35. The molecule has 0 saturated heterocycles. The van der Waals surface area contributed by atoms with Gasteiger partial charge in [0.2, 0.25) is 0 Å². The molecule has 11 nitrogen and oxygen atoms in total. The Morgan fingerprint density at radius 2 is 1.89 bits per heavy atom. The van der Waals surface area contributed by atoms with Crippen LogP contribution in [0.2, 0.25) is 0 Å². The molecule has 0 aromatic heterocycles. The maximum atomic E-state index is 14.0. The van der Waals surface area contributed by atoms with Crippen LogP contribution >= 0.6 is 15.9 Å². The largest absolute Gasteiger partial charge is 0.490 e. The smallest absolute Gasteiger partial charge is 0.337 e. The number of urea groups is 1. The van der Waals surface area contributed by atoms with Gasteiger partial charge in [0.1, 0.15) is 24.8 Å². The Bertz CT molecular complexity index is 1570. The van der Waals surface area contributed by atoms with Gasteiger partial charge in [-0.15, -0.1) is 0 Å². The molecule has 0 unspecified atom stereocenters. The Morgan fingerprint density at radius 1 is 1.11 bits per heavy atom. The third-order valence-electron chi connectivity index (χ3n) is 6.41. The number of esters is 1. The number of hydrogen-bond donors (Lipinski definition) is 4. The molecule has 2 atom stereocenters. The molecule has 4 N–H and O–H groups in total. The molecule has 4 rings (SSSR count). The van der Waals surface area contributed by atoms with Gasteiger partial charge in [0, 0.05) is 21.3 Å². The van der Waals surface area contributed by atoms with Crippen molar-refractivity contribution in [2.24, 2.45) is 5.10 Å². The lowest BCUT2D eigenvalue weighted by Crippen LogP contribution is -2.45. The first-order valence-electron chi connectivity index (χ1n) is 13.6. The summed E-state index contributed by atoms with van der Waals surface area (Å²) < 4.78 is 37.0. The minimum absolute atomic E-state index is 0.0316. The fourth-order valence-corrected chi connectivity index (χ4v) is 4.72. The molecule has 3 aromatic rings. The number of nitrogens with one attached hydrogen (secondary N) is 3. The summed E-state index contributed by atoms with van der Waals surface area (Å²) in [6.45, 7) is 3.57. The van der Waals surface area contributed by atoms with E-state index in [-0.39, 0.29) is 24.6 Å². The van der Waals surface area contributed by atoms with Gasteiger partial charge in [0.05, 0.1) is 31.5 Å². The minimum Gasteiger partial charge on any atom is -0.490 e. The highest BCUT2D eigenvalue weighted by molar-refractivity contribution is 9.10. The van der Waals surface area contributed by atoms with Gasteiger partial charge in [-0.1, -0.05) is 40.2 Å². The summed E-state index contributed by atoms with van der Waals surface area (Å²) in [5.74, 6) is 0.208. The maximum absolute atomic E-state index is 14.0. The molecule has 0 aliphatic carbocycles. The third-order valence-corrected chi connectivity index (χ3v) is 6.91. The van der Waals surface area contributed by atoms with E-state index < -0.39 is 24.3 Å².